The molecule has 190 valence electrons. The highest BCUT2D eigenvalue weighted by atomic mass is 127. The molecule has 0 atom stereocenters. The van der Waals surface area contributed by atoms with E-state index < -0.39 is 17.8 Å². The lowest BCUT2D eigenvalue weighted by Crippen LogP contribution is -2.54. The molecule has 1 fully saturated rings. The fourth-order valence-electron chi connectivity index (χ4n) is 3.77. The highest BCUT2D eigenvalue weighted by Crippen LogP contribution is 2.36. The fraction of sp³-hybridized carbons (Fsp3) is 0.179. The lowest BCUT2D eigenvalue weighted by molar-refractivity contribution is -0.122. The van der Waals surface area contributed by atoms with Crippen molar-refractivity contribution in [2.24, 2.45) is 0 Å². The molecule has 1 N–H and O–H groups in total. The molecule has 0 radical (unpaired) electrons. The summed E-state index contributed by atoms with van der Waals surface area (Å²) in [6, 6.07) is 15.6. The summed E-state index contributed by atoms with van der Waals surface area (Å²) in [6.07, 6.45) is 1.45. The van der Waals surface area contributed by atoms with Crippen LogP contribution in [0.3, 0.4) is 0 Å². The van der Waals surface area contributed by atoms with E-state index in [-0.39, 0.29) is 5.57 Å². The third kappa shape index (κ3) is 6.04. The number of benzene rings is 3. The smallest absolute Gasteiger partial charge is 0.335 e. The topological polar surface area (TPSA) is 84.9 Å². The molecular formula is C28H24BrIN2O5. The summed E-state index contributed by atoms with van der Waals surface area (Å²) < 4.78 is 13.5. The summed E-state index contributed by atoms with van der Waals surface area (Å²) in [5.41, 5.74) is 4.19. The number of urea groups is 1. The molecule has 0 saturated carbocycles. The van der Waals surface area contributed by atoms with Crippen LogP contribution >= 0.6 is 38.5 Å². The molecule has 9 heteroatoms. The van der Waals surface area contributed by atoms with Gasteiger partial charge in [0.05, 0.1) is 15.9 Å². The molecule has 0 spiro atoms. The first-order chi connectivity index (χ1) is 17.7. The molecule has 4 amide bonds. The van der Waals surface area contributed by atoms with E-state index in [9.17, 15) is 14.4 Å². The molecule has 1 aliphatic heterocycles. The lowest BCUT2D eigenvalue weighted by atomic mass is 10.1. The highest BCUT2D eigenvalue weighted by molar-refractivity contribution is 14.1. The Balaban J connectivity index is 1.65. The Hall–Kier alpha value is -3.18. The summed E-state index contributed by atoms with van der Waals surface area (Å²) in [4.78, 5) is 39.2. The van der Waals surface area contributed by atoms with Gasteiger partial charge in [-0.15, -0.1) is 0 Å². The summed E-state index contributed by atoms with van der Waals surface area (Å²) in [5, 5.41) is 2.25. The highest BCUT2D eigenvalue weighted by Gasteiger charge is 2.36. The maximum atomic E-state index is 13.2. The van der Waals surface area contributed by atoms with Crippen LogP contribution in [0.1, 0.15) is 29.2 Å². The van der Waals surface area contributed by atoms with Crippen molar-refractivity contribution in [3.05, 3.63) is 90.5 Å². The molecule has 1 saturated heterocycles. The molecule has 1 aliphatic rings. The Bertz CT molecular complexity index is 1420. The Morgan fingerprint density at radius 1 is 0.973 bits per heavy atom. The maximum absolute atomic E-state index is 13.2. The Labute approximate surface area is 237 Å². The number of rotatable bonds is 7. The summed E-state index contributed by atoms with van der Waals surface area (Å²) in [5.74, 6) is -0.394. The van der Waals surface area contributed by atoms with Gasteiger partial charge in [-0.05, 0) is 108 Å². The molecule has 3 aromatic carbocycles. The number of carbonyl (C=O) groups excluding carboxylic acids is 3. The normalized spacial score (nSPS) is 14.7. The molecule has 0 aromatic heterocycles. The molecule has 4 rings (SSSR count). The van der Waals surface area contributed by atoms with Crippen molar-refractivity contribution in [2.75, 3.05) is 11.5 Å². The van der Waals surface area contributed by atoms with Crippen LogP contribution < -0.4 is 19.7 Å². The van der Waals surface area contributed by atoms with Gasteiger partial charge in [0.2, 0.25) is 0 Å². The average Bonchev–Trinajstić information content (AvgIpc) is 2.84. The number of halogens is 2. The molecular weight excluding hydrogens is 651 g/mol. The summed E-state index contributed by atoms with van der Waals surface area (Å²) >= 11 is 5.48. The second-order valence-corrected chi connectivity index (χ2v) is 10.5. The zero-order valence-electron chi connectivity index (χ0n) is 20.4. The average molecular weight is 675 g/mol. The second-order valence-electron chi connectivity index (χ2n) is 8.40. The van der Waals surface area contributed by atoms with Crippen molar-refractivity contribution in [1.82, 2.24) is 5.32 Å². The van der Waals surface area contributed by atoms with Gasteiger partial charge in [0.1, 0.15) is 12.2 Å². The predicted molar refractivity (Wildman–Crippen MR) is 154 cm³/mol. The number of anilines is 1. The standard InChI is InChI=1S/C28H24BrIN2O5/c1-4-36-24-14-19(13-23(30)25(24)37-15-18-6-5-16(2)17(3)11-18)12-22-26(33)31-28(35)32(27(22)34)21-9-7-20(29)8-10-21/h5-14H,4,15H2,1-3H3,(H,31,33,35)/b22-12+. The first kappa shape index (κ1) is 26.9. The van der Waals surface area contributed by atoms with E-state index in [4.69, 9.17) is 9.47 Å². The third-order valence-corrected chi connectivity index (χ3v) is 7.11. The van der Waals surface area contributed by atoms with Gasteiger partial charge >= 0.3 is 6.03 Å². The molecule has 37 heavy (non-hydrogen) atoms. The van der Waals surface area contributed by atoms with E-state index in [1.54, 1.807) is 36.4 Å². The number of aryl methyl sites for hydroxylation is 2. The van der Waals surface area contributed by atoms with E-state index in [1.807, 2.05) is 13.0 Å². The van der Waals surface area contributed by atoms with Gasteiger partial charge in [-0.1, -0.05) is 34.1 Å². The fourth-order valence-corrected chi connectivity index (χ4v) is 4.82. The first-order valence-corrected chi connectivity index (χ1v) is 13.4. The minimum Gasteiger partial charge on any atom is -0.490 e. The number of carbonyl (C=O) groups is 3. The molecule has 0 bridgehead atoms. The van der Waals surface area contributed by atoms with Gasteiger partial charge in [0.15, 0.2) is 11.5 Å². The minimum atomic E-state index is -0.797. The van der Waals surface area contributed by atoms with Crippen LogP contribution in [0.2, 0.25) is 0 Å². The second kappa shape index (κ2) is 11.5. The number of barbiturate groups is 1. The van der Waals surface area contributed by atoms with Crippen molar-refractivity contribution in [2.45, 2.75) is 27.4 Å². The number of nitrogens with one attached hydrogen (secondary N) is 1. The van der Waals surface area contributed by atoms with Crippen LogP contribution in [0.25, 0.3) is 6.08 Å². The quantitative estimate of drug-likeness (QED) is 0.180. The largest absolute Gasteiger partial charge is 0.490 e. The Kier molecular flexibility index (Phi) is 8.33. The molecule has 1 heterocycles. The zero-order chi connectivity index (χ0) is 26.7. The molecule has 0 aliphatic carbocycles. The number of amides is 4. The van der Waals surface area contributed by atoms with Gasteiger partial charge in [-0.3, -0.25) is 14.9 Å². The number of hydrogen-bond acceptors (Lipinski definition) is 5. The Morgan fingerprint density at radius 2 is 1.70 bits per heavy atom. The maximum Gasteiger partial charge on any atom is 0.335 e. The number of imide groups is 2. The van der Waals surface area contributed by atoms with E-state index in [2.05, 4.69) is 69.8 Å². The van der Waals surface area contributed by atoms with E-state index >= 15 is 0 Å². The van der Waals surface area contributed by atoms with Gasteiger partial charge in [0, 0.05) is 4.47 Å². The van der Waals surface area contributed by atoms with Crippen molar-refractivity contribution in [3.63, 3.8) is 0 Å². The van der Waals surface area contributed by atoms with Crippen LogP contribution in [0.15, 0.2) is 64.6 Å². The monoisotopic (exact) mass is 674 g/mol. The van der Waals surface area contributed by atoms with Gasteiger partial charge in [-0.2, -0.15) is 0 Å². The van der Waals surface area contributed by atoms with Crippen molar-refractivity contribution >= 4 is 68.1 Å². The third-order valence-electron chi connectivity index (χ3n) is 5.78. The van der Waals surface area contributed by atoms with Crippen LogP contribution in [0.4, 0.5) is 10.5 Å². The molecule has 3 aromatic rings. The van der Waals surface area contributed by atoms with Crippen molar-refractivity contribution < 1.29 is 23.9 Å². The molecule has 7 nitrogen and oxygen atoms in total. The van der Waals surface area contributed by atoms with Gasteiger partial charge in [0.25, 0.3) is 11.8 Å². The van der Waals surface area contributed by atoms with Crippen molar-refractivity contribution in [3.8, 4) is 11.5 Å². The SMILES string of the molecule is CCOc1cc(/C=C2\C(=O)NC(=O)N(c3ccc(Br)cc3)C2=O)cc(I)c1OCc1ccc(C)c(C)c1. The number of nitrogens with zero attached hydrogens (tertiary/aromatic N) is 1. The summed E-state index contributed by atoms with van der Waals surface area (Å²) in [6.45, 7) is 6.76. The zero-order valence-corrected chi connectivity index (χ0v) is 24.2. The molecule has 0 unspecified atom stereocenters. The Morgan fingerprint density at radius 3 is 2.38 bits per heavy atom. The van der Waals surface area contributed by atoms with Gasteiger partial charge in [-0.25, -0.2) is 9.69 Å². The van der Waals surface area contributed by atoms with Crippen LogP contribution in [0, 0.1) is 17.4 Å². The number of ether oxygens (including phenoxy) is 2. The summed E-state index contributed by atoms with van der Waals surface area (Å²) in [7, 11) is 0. The van der Waals surface area contributed by atoms with Crippen LogP contribution in [0.5, 0.6) is 11.5 Å². The van der Waals surface area contributed by atoms with Gasteiger partial charge < -0.3 is 9.47 Å². The predicted octanol–water partition coefficient (Wildman–Crippen LogP) is 6.31. The minimum absolute atomic E-state index is 0.162. The van der Waals surface area contributed by atoms with Crippen LogP contribution in [-0.2, 0) is 16.2 Å². The van der Waals surface area contributed by atoms with E-state index in [0.717, 1.165) is 18.5 Å². The first-order valence-electron chi connectivity index (χ1n) is 11.5. The van der Waals surface area contributed by atoms with Crippen molar-refractivity contribution in [1.29, 1.82) is 0 Å². The van der Waals surface area contributed by atoms with E-state index in [0.29, 0.717) is 36.0 Å². The van der Waals surface area contributed by atoms with Crippen LogP contribution in [-0.4, -0.2) is 24.5 Å². The lowest BCUT2D eigenvalue weighted by Gasteiger charge is -2.26. The van der Waals surface area contributed by atoms with E-state index in [1.165, 1.54) is 17.2 Å². The number of hydrogen-bond donors (Lipinski definition) is 1.